The summed E-state index contributed by atoms with van der Waals surface area (Å²) < 4.78 is 21.2. The van der Waals surface area contributed by atoms with Crippen LogP contribution in [0.4, 0.5) is 10.1 Å². The van der Waals surface area contributed by atoms with Gasteiger partial charge in [-0.05, 0) is 24.3 Å². The summed E-state index contributed by atoms with van der Waals surface area (Å²) in [5, 5.41) is 2.92. The van der Waals surface area contributed by atoms with Crippen molar-refractivity contribution in [3.05, 3.63) is 47.0 Å². The van der Waals surface area contributed by atoms with Crippen LogP contribution in [0.3, 0.4) is 0 Å². The number of pyridine rings is 1. The third kappa shape index (κ3) is 2.33. The van der Waals surface area contributed by atoms with E-state index in [-0.39, 0.29) is 5.69 Å². The fourth-order valence-corrected chi connectivity index (χ4v) is 2.40. The van der Waals surface area contributed by atoms with Crippen LogP contribution in [0, 0.1) is 5.95 Å². The van der Waals surface area contributed by atoms with E-state index in [1.165, 1.54) is 12.1 Å². The summed E-state index contributed by atoms with van der Waals surface area (Å²) in [6.45, 7) is 0. The molecule has 8 heteroatoms. The molecule has 0 aliphatic carbocycles. The Bertz CT molecular complexity index is 807. The van der Waals surface area contributed by atoms with Crippen LogP contribution in [0.5, 0.6) is 0 Å². The Balaban J connectivity index is 1.99. The summed E-state index contributed by atoms with van der Waals surface area (Å²) in [4.78, 5) is 15.6. The van der Waals surface area contributed by atoms with E-state index in [1.807, 2.05) is 0 Å². The lowest BCUT2D eigenvalue weighted by molar-refractivity contribution is 0.102. The van der Waals surface area contributed by atoms with Crippen LogP contribution >= 0.6 is 23.3 Å². The molecular weight excluding hydrogens is 303 g/mol. The van der Waals surface area contributed by atoms with E-state index in [1.54, 1.807) is 12.1 Å². The quantitative estimate of drug-likeness (QED) is 0.739. The number of anilines is 1. The third-order valence-corrected chi connectivity index (χ3v) is 3.42. The van der Waals surface area contributed by atoms with Crippen molar-refractivity contribution in [1.29, 1.82) is 0 Å². The van der Waals surface area contributed by atoms with Crippen molar-refractivity contribution in [3.63, 3.8) is 0 Å². The molecule has 2 aromatic heterocycles. The van der Waals surface area contributed by atoms with E-state index in [2.05, 4.69) is 19.0 Å². The smallest absolute Gasteiger partial charge is 0.274 e. The monoisotopic (exact) mass is 308 g/mol. The van der Waals surface area contributed by atoms with Crippen LogP contribution in [-0.4, -0.2) is 19.6 Å². The van der Waals surface area contributed by atoms with Crippen molar-refractivity contribution >= 4 is 46.0 Å². The average Bonchev–Trinajstić information content (AvgIpc) is 2.90. The number of benzene rings is 1. The molecule has 3 aromatic rings. The van der Waals surface area contributed by atoms with Crippen molar-refractivity contribution in [2.24, 2.45) is 0 Å². The van der Waals surface area contributed by atoms with E-state index in [0.717, 1.165) is 17.8 Å². The zero-order valence-corrected chi connectivity index (χ0v) is 11.4. The molecule has 1 amide bonds. The minimum atomic E-state index is -0.725. The Labute approximate surface area is 121 Å². The SMILES string of the molecule is O=C(Nc1c(Cl)ccc2nsnc12)c1cccc(F)n1. The van der Waals surface area contributed by atoms with Crippen LogP contribution in [0.25, 0.3) is 11.0 Å². The number of nitrogens with one attached hydrogen (secondary N) is 1. The number of rotatable bonds is 2. The molecule has 3 rings (SSSR count). The largest absolute Gasteiger partial charge is 0.317 e. The number of hydrogen-bond donors (Lipinski definition) is 1. The van der Waals surface area contributed by atoms with Gasteiger partial charge in [0, 0.05) is 0 Å². The summed E-state index contributed by atoms with van der Waals surface area (Å²) >= 11 is 7.07. The summed E-state index contributed by atoms with van der Waals surface area (Å²) in [5.41, 5.74) is 1.42. The highest BCUT2D eigenvalue weighted by molar-refractivity contribution is 7.00. The molecule has 0 aliphatic rings. The van der Waals surface area contributed by atoms with Crippen molar-refractivity contribution in [2.75, 3.05) is 5.32 Å². The van der Waals surface area contributed by atoms with Crippen molar-refractivity contribution in [2.45, 2.75) is 0 Å². The first kappa shape index (κ1) is 12.9. The molecule has 0 aliphatic heterocycles. The van der Waals surface area contributed by atoms with E-state index >= 15 is 0 Å². The summed E-state index contributed by atoms with van der Waals surface area (Å²) in [6.07, 6.45) is 0. The molecule has 20 heavy (non-hydrogen) atoms. The molecule has 100 valence electrons. The number of fused-ring (bicyclic) bond motifs is 1. The molecule has 0 bridgehead atoms. The Hall–Kier alpha value is -2.12. The number of amides is 1. The lowest BCUT2D eigenvalue weighted by Crippen LogP contribution is -2.14. The van der Waals surface area contributed by atoms with Crippen molar-refractivity contribution < 1.29 is 9.18 Å². The number of carbonyl (C=O) groups is 1. The number of carbonyl (C=O) groups excluding carboxylic acids is 1. The van der Waals surface area contributed by atoms with Gasteiger partial charge in [-0.2, -0.15) is 13.1 Å². The van der Waals surface area contributed by atoms with Gasteiger partial charge in [0.05, 0.1) is 22.4 Å². The zero-order valence-electron chi connectivity index (χ0n) is 9.80. The predicted molar refractivity (Wildman–Crippen MR) is 74.6 cm³/mol. The number of hydrogen-bond acceptors (Lipinski definition) is 5. The first-order valence-corrected chi connectivity index (χ1v) is 6.60. The molecule has 0 spiro atoms. The molecule has 0 fully saturated rings. The van der Waals surface area contributed by atoms with E-state index in [9.17, 15) is 9.18 Å². The van der Waals surface area contributed by atoms with E-state index in [4.69, 9.17) is 11.6 Å². The first-order valence-electron chi connectivity index (χ1n) is 5.50. The first-order chi connectivity index (χ1) is 9.65. The van der Waals surface area contributed by atoms with Gasteiger partial charge < -0.3 is 5.32 Å². The molecular formula is C12H6ClFN4OS. The molecule has 0 saturated heterocycles. The maximum atomic E-state index is 13.0. The van der Waals surface area contributed by atoms with Crippen LogP contribution in [0.15, 0.2) is 30.3 Å². The molecule has 0 saturated carbocycles. The molecule has 2 heterocycles. The molecule has 5 nitrogen and oxygen atoms in total. The fraction of sp³-hybridized carbons (Fsp3) is 0. The summed E-state index contributed by atoms with van der Waals surface area (Å²) in [7, 11) is 0. The average molecular weight is 309 g/mol. The fourth-order valence-electron chi connectivity index (χ4n) is 1.66. The number of aromatic nitrogens is 3. The summed E-state index contributed by atoms with van der Waals surface area (Å²) in [6, 6.07) is 7.29. The second-order valence-electron chi connectivity index (χ2n) is 3.85. The number of halogens is 2. The van der Waals surface area contributed by atoms with Crippen molar-refractivity contribution in [1.82, 2.24) is 13.7 Å². The lowest BCUT2D eigenvalue weighted by Gasteiger charge is -2.07. The highest BCUT2D eigenvalue weighted by Gasteiger charge is 2.15. The Morgan fingerprint density at radius 1 is 1.25 bits per heavy atom. The normalized spacial score (nSPS) is 10.7. The van der Waals surface area contributed by atoms with Gasteiger partial charge in [0.2, 0.25) is 5.95 Å². The molecule has 1 aromatic carbocycles. The van der Waals surface area contributed by atoms with Crippen LogP contribution < -0.4 is 5.32 Å². The van der Waals surface area contributed by atoms with Crippen LogP contribution in [-0.2, 0) is 0 Å². The van der Waals surface area contributed by atoms with Crippen molar-refractivity contribution in [3.8, 4) is 0 Å². The number of nitrogens with zero attached hydrogens (tertiary/aromatic N) is 3. The van der Waals surface area contributed by atoms with Gasteiger partial charge in [-0.15, -0.1) is 0 Å². The Morgan fingerprint density at radius 2 is 2.10 bits per heavy atom. The second kappa shape index (κ2) is 5.10. The highest BCUT2D eigenvalue weighted by Crippen LogP contribution is 2.30. The molecule has 0 atom stereocenters. The van der Waals surface area contributed by atoms with Gasteiger partial charge in [0.1, 0.15) is 16.7 Å². The van der Waals surface area contributed by atoms with Gasteiger partial charge in [-0.3, -0.25) is 4.79 Å². The lowest BCUT2D eigenvalue weighted by atomic mass is 10.2. The highest BCUT2D eigenvalue weighted by atomic mass is 35.5. The zero-order chi connectivity index (χ0) is 14.1. The van der Waals surface area contributed by atoms with Crippen LogP contribution in [0.1, 0.15) is 10.5 Å². The molecule has 0 radical (unpaired) electrons. The van der Waals surface area contributed by atoms with E-state index < -0.39 is 11.9 Å². The summed E-state index contributed by atoms with van der Waals surface area (Å²) in [5.74, 6) is -1.29. The minimum Gasteiger partial charge on any atom is -0.317 e. The van der Waals surface area contributed by atoms with Gasteiger partial charge in [0.15, 0.2) is 0 Å². The van der Waals surface area contributed by atoms with Gasteiger partial charge in [0.25, 0.3) is 5.91 Å². The van der Waals surface area contributed by atoms with Gasteiger partial charge >= 0.3 is 0 Å². The Morgan fingerprint density at radius 3 is 2.90 bits per heavy atom. The maximum Gasteiger partial charge on any atom is 0.274 e. The minimum absolute atomic E-state index is 0.0405. The standard InChI is InChI=1S/C12H6ClFN4OS/c13-6-4-5-7-11(18-20-17-7)10(6)16-12(19)8-2-1-3-9(14)15-8/h1-5H,(H,16,19). The molecule has 0 unspecified atom stereocenters. The second-order valence-corrected chi connectivity index (χ2v) is 4.79. The third-order valence-electron chi connectivity index (χ3n) is 2.56. The van der Waals surface area contributed by atoms with Gasteiger partial charge in [-0.1, -0.05) is 17.7 Å². The maximum absolute atomic E-state index is 13.0. The molecule has 1 N–H and O–H groups in total. The Kier molecular flexibility index (Phi) is 3.29. The van der Waals surface area contributed by atoms with Gasteiger partial charge in [-0.25, -0.2) is 4.98 Å². The predicted octanol–water partition coefficient (Wildman–Crippen LogP) is 3.13. The van der Waals surface area contributed by atoms with Crippen LogP contribution in [0.2, 0.25) is 5.02 Å². The topological polar surface area (TPSA) is 67.8 Å². The van der Waals surface area contributed by atoms with E-state index in [0.29, 0.717) is 21.7 Å².